The van der Waals surface area contributed by atoms with Crippen LogP contribution >= 0.6 is 0 Å². The second-order valence-corrected chi connectivity index (χ2v) is 4.87. The molecule has 0 saturated carbocycles. The number of pyridine rings is 1. The fourth-order valence-electron chi connectivity index (χ4n) is 2.70. The minimum absolute atomic E-state index is 0.511. The van der Waals surface area contributed by atoms with Crippen LogP contribution in [-0.4, -0.2) is 11.5 Å². The normalized spacial score (nSPS) is 20.6. The van der Waals surface area contributed by atoms with Gasteiger partial charge < -0.3 is 5.32 Å². The van der Waals surface area contributed by atoms with E-state index in [1.165, 1.54) is 30.2 Å². The lowest BCUT2D eigenvalue weighted by atomic mass is 9.94. The Hall–Kier alpha value is -1.41. The molecule has 2 aromatic rings. The van der Waals surface area contributed by atoms with E-state index in [0.29, 0.717) is 6.04 Å². The van der Waals surface area contributed by atoms with E-state index in [9.17, 15) is 0 Å². The Bertz CT molecular complexity index is 527. The van der Waals surface area contributed by atoms with Crippen LogP contribution in [0.2, 0.25) is 0 Å². The average molecular weight is 226 g/mol. The summed E-state index contributed by atoms with van der Waals surface area (Å²) in [5, 5.41) is 4.92. The smallest absolute Gasteiger partial charge is 0.0708 e. The summed E-state index contributed by atoms with van der Waals surface area (Å²) in [6.45, 7) is 3.19. The van der Waals surface area contributed by atoms with Crippen molar-refractivity contribution < 1.29 is 0 Å². The van der Waals surface area contributed by atoms with E-state index in [-0.39, 0.29) is 0 Å². The molecule has 0 bridgehead atoms. The summed E-state index contributed by atoms with van der Waals surface area (Å²) in [6.07, 6.45) is 3.87. The van der Waals surface area contributed by atoms with Crippen molar-refractivity contribution in [2.45, 2.75) is 32.2 Å². The number of nitrogens with one attached hydrogen (secondary N) is 1. The van der Waals surface area contributed by atoms with Crippen LogP contribution < -0.4 is 5.32 Å². The van der Waals surface area contributed by atoms with E-state index < -0.39 is 0 Å². The first kappa shape index (κ1) is 10.7. The predicted octanol–water partition coefficient (Wildman–Crippen LogP) is 3.36. The van der Waals surface area contributed by atoms with Gasteiger partial charge >= 0.3 is 0 Å². The number of nitrogens with zero attached hydrogens (tertiary/aromatic N) is 1. The second-order valence-electron chi connectivity index (χ2n) is 4.87. The van der Waals surface area contributed by atoms with Crippen molar-refractivity contribution >= 4 is 10.9 Å². The Kier molecular flexibility index (Phi) is 2.81. The van der Waals surface area contributed by atoms with Crippen molar-refractivity contribution in [1.82, 2.24) is 10.3 Å². The molecule has 1 fully saturated rings. The van der Waals surface area contributed by atoms with E-state index >= 15 is 0 Å². The SMILES string of the molecule is Cc1ccc2c(C3CCCCN3)cccc2n1. The topological polar surface area (TPSA) is 24.9 Å². The van der Waals surface area contributed by atoms with Gasteiger partial charge in [-0.15, -0.1) is 0 Å². The van der Waals surface area contributed by atoms with Crippen LogP contribution in [-0.2, 0) is 0 Å². The number of benzene rings is 1. The first-order valence-electron chi connectivity index (χ1n) is 6.44. The van der Waals surface area contributed by atoms with E-state index in [1.807, 2.05) is 6.92 Å². The average Bonchev–Trinajstić information content (AvgIpc) is 2.39. The van der Waals surface area contributed by atoms with E-state index in [0.717, 1.165) is 17.8 Å². The van der Waals surface area contributed by atoms with Gasteiger partial charge in [-0.25, -0.2) is 0 Å². The molecule has 3 rings (SSSR count). The molecule has 1 unspecified atom stereocenters. The van der Waals surface area contributed by atoms with Gasteiger partial charge in [0.25, 0.3) is 0 Å². The van der Waals surface area contributed by atoms with Crippen LogP contribution in [0.5, 0.6) is 0 Å². The largest absolute Gasteiger partial charge is 0.310 e. The van der Waals surface area contributed by atoms with Gasteiger partial charge in [-0.1, -0.05) is 24.6 Å². The van der Waals surface area contributed by atoms with Crippen LogP contribution in [0, 0.1) is 6.92 Å². The highest BCUT2D eigenvalue weighted by molar-refractivity contribution is 5.82. The molecular weight excluding hydrogens is 208 g/mol. The molecule has 1 saturated heterocycles. The first-order valence-corrected chi connectivity index (χ1v) is 6.44. The highest BCUT2D eigenvalue weighted by atomic mass is 14.9. The van der Waals surface area contributed by atoms with E-state index in [1.54, 1.807) is 0 Å². The third-order valence-corrected chi connectivity index (χ3v) is 3.59. The Labute approximate surface area is 102 Å². The minimum atomic E-state index is 0.511. The lowest BCUT2D eigenvalue weighted by molar-refractivity contribution is 0.414. The molecule has 0 aliphatic carbocycles. The van der Waals surface area contributed by atoms with Crippen molar-refractivity contribution in [2.24, 2.45) is 0 Å². The van der Waals surface area contributed by atoms with Gasteiger partial charge in [-0.3, -0.25) is 4.98 Å². The third kappa shape index (κ3) is 2.05. The van der Waals surface area contributed by atoms with Crippen LogP contribution in [0.1, 0.15) is 36.6 Å². The van der Waals surface area contributed by atoms with Crippen LogP contribution in [0.25, 0.3) is 10.9 Å². The number of aryl methyl sites for hydroxylation is 1. The van der Waals surface area contributed by atoms with Gasteiger partial charge in [-0.2, -0.15) is 0 Å². The fourth-order valence-corrected chi connectivity index (χ4v) is 2.70. The number of rotatable bonds is 1. The number of piperidine rings is 1. The highest BCUT2D eigenvalue weighted by Gasteiger charge is 2.16. The Morgan fingerprint density at radius 1 is 1.18 bits per heavy atom. The zero-order valence-electron chi connectivity index (χ0n) is 10.2. The summed E-state index contributed by atoms with van der Waals surface area (Å²) >= 11 is 0. The molecule has 0 amide bonds. The maximum Gasteiger partial charge on any atom is 0.0708 e. The third-order valence-electron chi connectivity index (χ3n) is 3.59. The zero-order chi connectivity index (χ0) is 11.7. The molecule has 88 valence electrons. The fraction of sp³-hybridized carbons (Fsp3) is 0.400. The number of aromatic nitrogens is 1. The summed E-state index contributed by atoms with van der Waals surface area (Å²) in [4.78, 5) is 4.60. The number of fused-ring (bicyclic) bond motifs is 1. The molecule has 1 N–H and O–H groups in total. The summed E-state index contributed by atoms with van der Waals surface area (Å²) in [5.74, 6) is 0. The molecular formula is C15H18N2. The molecule has 1 atom stereocenters. The Morgan fingerprint density at radius 3 is 2.94 bits per heavy atom. The summed E-state index contributed by atoms with van der Waals surface area (Å²) in [5.41, 5.74) is 3.62. The van der Waals surface area contributed by atoms with Crippen molar-refractivity contribution in [3.8, 4) is 0 Å². The van der Waals surface area contributed by atoms with Gasteiger partial charge in [-0.05, 0) is 44.0 Å². The van der Waals surface area contributed by atoms with E-state index in [2.05, 4.69) is 40.6 Å². The molecule has 1 aliphatic heterocycles. The molecule has 1 aromatic heterocycles. The van der Waals surface area contributed by atoms with Gasteiger partial charge in [0, 0.05) is 17.1 Å². The van der Waals surface area contributed by atoms with Crippen molar-refractivity contribution in [3.63, 3.8) is 0 Å². The number of hydrogen-bond donors (Lipinski definition) is 1. The lowest BCUT2D eigenvalue weighted by Gasteiger charge is -2.24. The summed E-state index contributed by atoms with van der Waals surface area (Å²) < 4.78 is 0. The molecule has 2 heterocycles. The second kappa shape index (κ2) is 4.46. The van der Waals surface area contributed by atoms with Crippen molar-refractivity contribution in [2.75, 3.05) is 6.54 Å². The molecule has 17 heavy (non-hydrogen) atoms. The van der Waals surface area contributed by atoms with Gasteiger partial charge in [0.15, 0.2) is 0 Å². The Balaban J connectivity index is 2.09. The molecule has 2 heteroatoms. The van der Waals surface area contributed by atoms with Crippen molar-refractivity contribution in [3.05, 3.63) is 41.6 Å². The van der Waals surface area contributed by atoms with Gasteiger partial charge in [0.05, 0.1) is 5.52 Å². The maximum atomic E-state index is 4.60. The summed E-state index contributed by atoms with van der Waals surface area (Å²) in [7, 11) is 0. The van der Waals surface area contributed by atoms with Crippen LogP contribution in [0.3, 0.4) is 0 Å². The molecule has 0 radical (unpaired) electrons. The van der Waals surface area contributed by atoms with Crippen LogP contribution in [0.4, 0.5) is 0 Å². The highest BCUT2D eigenvalue weighted by Crippen LogP contribution is 2.28. The van der Waals surface area contributed by atoms with Gasteiger partial charge in [0.2, 0.25) is 0 Å². The Morgan fingerprint density at radius 2 is 2.12 bits per heavy atom. The quantitative estimate of drug-likeness (QED) is 0.806. The number of hydrogen-bond acceptors (Lipinski definition) is 2. The predicted molar refractivity (Wildman–Crippen MR) is 71.1 cm³/mol. The summed E-state index contributed by atoms with van der Waals surface area (Å²) in [6, 6.07) is 11.3. The standard InChI is InChI=1S/C15H18N2/c1-11-8-9-13-12(5-4-7-15(13)17-11)14-6-2-3-10-16-14/h4-5,7-9,14,16H,2-3,6,10H2,1H3. The molecule has 1 aliphatic rings. The van der Waals surface area contributed by atoms with Gasteiger partial charge in [0.1, 0.15) is 0 Å². The molecule has 1 aromatic carbocycles. The maximum absolute atomic E-state index is 4.60. The first-order chi connectivity index (χ1) is 8.34. The minimum Gasteiger partial charge on any atom is -0.310 e. The monoisotopic (exact) mass is 226 g/mol. The van der Waals surface area contributed by atoms with E-state index in [4.69, 9.17) is 0 Å². The van der Waals surface area contributed by atoms with Crippen molar-refractivity contribution in [1.29, 1.82) is 0 Å². The zero-order valence-corrected chi connectivity index (χ0v) is 10.2. The molecule has 2 nitrogen and oxygen atoms in total. The van der Waals surface area contributed by atoms with Crippen LogP contribution in [0.15, 0.2) is 30.3 Å². The lowest BCUT2D eigenvalue weighted by Crippen LogP contribution is -2.26. The molecule has 0 spiro atoms.